The summed E-state index contributed by atoms with van der Waals surface area (Å²) >= 11 is 0. The third-order valence-electron chi connectivity index (χ3n) is 1.53. The van der Waals surface area contributed by atoms with Crippen LogP contribution < -0.4 is 5.73 Å². The lowest BCUT2D eigenvalue weighted by Crippen LogP contribution is -2.37. The first-order valence-electron chi connectivity index (χ1n) is 3.96. The van der Waals surface area contributed by atoms with Crippen LogP contribution in [-0.4, -0.2) is 18.8 Å². The Morgan fingerprint density at radius 2 is 1.80 bits per heavy atom. The molecular weight excluding hydrogens is 126 g/mol. The van der Waals surface area contributed by atoms with Crippen LogP contribution in [-0.2, 0) is 4.74 Å². The van der Waals surface area contributed by atoms with Gasteiger partial charge in [0.15, 0.2) is 0 Å². The lowest BCUT2D eigenvalue weighted by molar-refractivity contribution is 0.0166. The molecule has 0 saturated heterocycles. The van der Waals surface area contributed by atoms with Crippen molar-refractivity contribution in [1.82, 2.24) is 0 Å². The summed E-state index contributed by atoms with van der Waals surface area (Å²) in [7, 11) is 0. The second-order valence-corrected chi connectivity index (χ2v) is 3.02. The Balaban J connectivity index is 3.73. The van der Waals surface area contributed by atoms with Gasteiger partial charge in [-0.25, -0.2) is 0 Å². The number of nitrogens with two attached hydrogens (primary N) is 1. The molecule has 0 aliphatic carbocycles. The van der Waals surface area contributed by atoms with Crippen LogP contribution in [0.2, 0.25) is 0 Å². The fourth-order valence-corrected chi connectivity index (χ4v) is 1.14. The average molecular weight is 145 g/mol. The first-order chi connectivity index (χ1) is 4.59. The van der Waals surface area contributed by atoms with Gasteiger partial charge in [-0.1, -0.05) is 13.8 Å². The van der Waals surface area contributed by atoms with Gasteiger partial charge in [-0.2, -0.15) is 0 Å². The summed E-state index contributed by atoms with van der Waals surface area (Å²) in [6.07, 6.45) is 0.213. The van der Waals surface area contributed by atoms with Crippen molar-refractivity contribution in [3.63, 3.8) is 0 Å². The first-order valence-corrected chi connectivity index (χ1v) is 3.96. The van der Waals surface area contributed by atoms with Crippen LogP contribution >= 0.6 is 0 Å². The van der Waals surface area contributed by atoms with Crippen molar-refractivity contribution >= 4 is 0 Å². The monoisotopic (exact) mass is 145 g/mol. The van der Waals surface area contributed by atoms with Crippen molar-refractivity contribution in [1.29, 1.82) is 0 Å². The highest BCUT2D eigenvalue weighted by atomic mass is 16.5. The molecule has 0 aliphatic rings. The van der Waals surface area contributed by atoms with Crippen LogP contribution in [0.3, 0.4) is 0 Å². The zero-order chi connectivity index (χ0) is 8.15. The zero-order valence-electron chi connectivity index (χ0n) is 7.42. The Morgan fingerprint density at radius 1 is 1.30 bits per heavy atom. The lowest BCUT2D eigenvalue weighted by Gasteiger charge is -2.24. The number of rotatable bonds is 4. The minimum absolute atomic E-state index is 0.139. The minimum Gasteiger partial charge on any atom is -0.377 e. The molecule has 62 valence electrons. The Hall–Kier alpha value is -0.0800. The first kappa shape index (κ1) is 9.92. The highest BCUT2D eigenvalue weighted by Crippen LogP contribution is 2.08. The third kappa shape index (κ3) is 3.18. The van der Waals surface area contributed by atoms with E-state index in [-0.39, 0.29) is 12.1 Å². The van der Waals surface area contributed by atoms with E-state index in [2.05, 4.69) is 13.8 Å². The van der Waals surface area contributed by atoms with Crippen molar-refractivity contribution in [2.75, 3.05) is 6.61 Å². The molecule has 0 radical (unpaired) electrons. The molecule has 0 aromatic heterocycles. The van der Waals surface area contributed by atoms with E-state index in [1.807, 2.05) is 13.8 Å². The second-order valence-electron chi connectivity index (χ2n) is 3.02. The van der Waals surface area contributed by atoms with Crippen LogP contribution in [0.1, 0.15) is 27.7 Å². The van der Waals surface area contributed by atoms with E-state index in [1.165, 1.54) is 0 Å². The van der Waals surface area contributed by atoms with E-state index in [0.29, 0.717) is 5.92 Å². The summed E-state index contributed by atoms with van der Waals surface area (Å²) in [5, 5.41) is 0. The van der Waals surface area contributed by atoms with Crippen molar-refractivity contribution in [2.24, 2.45) is 11.7 Å². The van der Waals surface area contributed by atoms with Crippen molar-refractivity contribution in [2.45, 2.75) is 39.8 Å². The van der Waals surface area contributed by atoms with E-state index in [4.69, 9.17) is 10.5 Å². The molecule has 0 saturated carbocycles. The fourth-order valence-electron chi connectivity index (χ4n) is 1.14. The average Bonchev–Trinajstić information content (AvgIpc) is 1.81. The molecule has 0 aromatic carbocycles. The number of hydrogen-bond donors (Lipinski definition) is 1. The van der Waals surface area contributed by atoms with E-state index in [9.17, 15) is 0 Å². The molecule has 2 N–H and O–H groups in total. The largest absolute Gasteiger partial charge is 0.377 e. The number of hydrogen-bond acceptors (Lipinski definition) is 2. The maximum Gasteiger partial charge on any atom is 0.0745 e. The van der Waals surface area contributed by atoms with Gasteiger partial charge < -0.3 is 10.5 Å². The summed E-state index contributed by atoms with van der Waals surface area (Å²) in [6.45, 7) is 9.00. The molecule has 2 atom stereocenters. The lowest BCUT2D eigenvalue weighted by atomic mass is 10.0. The Kier molecular flexibility index (Phi) is 4.65. The van der Waals surface area contributed by atoms with Crippen molar-refractivity contribution in [3.05, 3.63) is 0 Å². The van der Waals surface area contributed by atoms with E-state index in [1.54, 1.807) is 0 Å². The van der Waals surface area contributed by atoms with Gasteiger partial charge in [-0.05, 0) is 19.8 Å². The van der Waals surface area contributed by atoms with Gasteiger partial charge in [0, 0.05) is 12.6 Å². The molecule has 0 aliphatic heterocycles. The maximum atomic E-state index is 5.70. The Labute approximate surface area is 63.7 Å². The predicted octanol–water partition coefficient (Wildman–Crippen LogP) is 1.39. The zero-order valence-corrected chi connectivity index (χ0v) is 7.42. The van der Waals surface area contributed by atoms with Crippen LogP contribution in [0.25, 0.3) is 0 Å². The molecule has 0 fully saturated rings. The topological polar surface area (TPSA) is 35.2 Å². The van der Waals surface area contributed by atoms with Crippen molar-refractivity contribution in [3.8, 4) is 0 Å². The van der Waals surface area contributed by atoms with E-state index >= 15 is 0 Å². The molecule has 0 spiro atoms. The molecule has 0 heterocycles. The molecule has 0 bridgehead atoms. The van der Waals surface area contributed by atoms with Gasteiger partial charge in [-0.15, -0.1) is 0 Å². The minimum atomic E-state index is 0.139. The van der Waals surface area contributed by atoms with Gasteiger partial charge in [0.25, 0.3) is 0 Å². The molecule has 2 nitrogen and oxygen atoms in total. The van der Waals surface area contributed by atoms with E-state index in [0.717, 1.165) is 6.61 Å². The number of ether oxygens (including phenoxy) is 1. The van der Waals surface area contributed by atoms with Gasteiger partial charge >= 0.3 is 0 Å². The second kappa shape index (κ2) is 4.69. The van der Waals surface area contributed by atoms with Gasteiger partial charge in [0.05, 0.1) is 6.10 Å². The summed E-state index contributed by atoms with van der Waals surface area (Å²) < 4.78 is 5.44. The maximum absolute atomic E-state index is 5.70. The third-order valence-corrected chi connectivity index (χ3v) is 1.53. The Morgan fingerprint density at radius 3 is 1.90 bits per heavy atom. The molecule has 0 rings (SSSR count). The van der Waals surface area contributed by atoms with Gasteiger partial charge in [-0.3, -0.25) is 0 Å². The van der Waals surface area contributed by atoms with Crippen molar-refractivity contribution < 1.29 is 4.74 Å². The predicted molar refractivity (Wildman–Crippen MR) is 43.9 cm³/mol. The van der Waals surface area contributed by atoms with Gasteiger partial charge in [0.1, 0.15) is 0 Å². The summed E-state index contributed by atoms with van der Waals surface area (Å²) in [5.41, 5.74) is 5.70. The molecule has 2 heteroatoms. The van der Waals surface area contributed by atoms with Crippen LogP contribution in [0.5, 0.6) is 0 Å². The normalized spacial score (nSPS) is 17.4. The quantitative estimate of drug-likeness (QED) is 0.649. The van der Waals surface area contributed by atoms with E-state index < -0.39 is 0 Å². The van der Waals surface area contributed by atoms with Gasteiger partial charge in [0.2, 0.25) is 0 Å². The SMILES string of the molecule is CCOC(C(C)C)C(C)N. The summed E-state index contributed by atoms with van der Waals surface area (Å²) in [4.78, 5) is 0. The highest BCUT2D eigenvalue weighted by Gasteiger charge is 2.16. The Bertz CT molecular complexity index is 73.3. The van der Waals surface area contributed by atoms with Crippen LogP contribution in [0.15, 0.2) is 0 Å². The molecule has 2 unspecified atom stereocenters. The summed E-state index contributed by atoms with van der Waals surface area (Å²) in [6, 6.07) is 0.139. The fraction of sp³-hybridized carbons (Fsp3) is 1.00. The molecule has 10 heavy (non-hydrogen) atoms. The smallest absolute Gasteiger partial charge is 0.0745 e. The van der Waals surface area contributed by atoms with Crippen LogP contribution in [0.4, 0.5) is 0 Å². The standard InChI is InChI=1S/C8H19NO/c1-5-10-8(6(2)3)7(4)9/h6-8H,5,9H2,1-4H3. The molecule has 0 aromatic rings. The van der Waals surface area contributed by atoms with Crippen LogP contribution in [0, 0.1) is 5.92 Å². The summed E-state index contributed by atoms with van der Waals surface area (Å²) in [5.74, 6) is 0.514. The highest BCUT2D eigenvalue weighted by molar-refractivity contribution is 4.71. The molecular formula is C8H19NO. The molecule has 0 amide bonds.